The van der Waals surface area contributed by atoms with E-state index < -0.39 is 0 Å². The predicted molar refractivity (Wildman–Crippen MR) is 82.5 cm³/mol. The lowest BCUT2D eigenvalue weighted by atomic mass is 10.0. The van der Waals surface area contributed by atoms with Gasteiger partial charge >= 0.3 is 0 Å². The van der Waals surface area contributed by atoms with Gasteiger partial charge in [0.2, 0.25) is 0 Å². The van der Waals surface area contributed by atoms with Crippen molar-refractivity contribution in [2.24, 2.45) is 5.73 Å². The number of hydrogen-bond donors (Lipinski definition) is 1. The number of halogens is 1. The van der Waals surface area contributed by atoms with E-state index in [0.717, 1.165) is 28.6 Å². The predicted octanol–water partition coefficient (Wildman–Crippen LogP) is 3.10. The SMILES string of the molecule is CCC(N)Cc1cc(OCc2ncccn2)ccc1Br. The van der Waals surface area contributed by atoms with Crippen molar-refractivity contribution >= 4 is 15.9 Å². The summed E-state index contributed by atoms with van der Waals surface area (Å²) in [7, 11) is 0. The first kappa shape index (κ1) is 14.9. The molecule has 1 atom stereocenters. The van der Waals surface area contributed by atoms with E-state index in [1.54, 1.807) is 18.5 Å². The molecule has 2 aromatic rings. The van der Waals surface area contributed by atoms with Gasteiger partial charge in [-0.25, -0.2) is 9.97 Å². The van der Waals surface area contributed by atoms with Crippen molar-refractivity contribution < 1.29 is 4.74 Å². The van der Waals surface area contributed by atoms with Crippen molar-refractivity contribution in [1.82, 2.24) is 9.97 Å². The summed E-state index contributed by atoms with van der Waals surface area (Å²) in [5.74, 6) is 1.47. The first-order valence-corrected chi connectivity index (χ1v) is 7.41. The molecule has 0 bridgehead atoms. The molecule has 1 aromatic heterocycles. The second-order valence-corrected chi connectivity index (χ2v) is 5.43. The molecule has 0 saturated carbocycles. The second kappa shape index (κ2) is 7.36. The zero-order valence-electron chi connectivity index (χ0n) is 11.4. The summed E-state index contributed by atoms with van der Waals surface area (Å²) in [6.07, 6.45) is 5.20. The lowest BCUT2D eigenvalue weighted by Gasteiger charge is -2.12. The first-order chi connectivity index (χ1) is 9.69. The van der Waals surface area contributed by atoms with Crippen LogP contribution in [0.5, 0.6) is 5.75 Å². The van der Waals surface area contributed by atoms with Crippen LogP contribution < -0.4 is 10.5 Å². The van der Waals surface area contributed by atoms with Gasteiger partial charge in [0.05, 0.1) is 0 Å². The maximum atomic E-state index is 6.01. The molecule has 0 fully saturated rings. The van der Waals surface area contributed by atoms with Gasteiger partial charge in [-0.3, -0.25) is 0 Å². The Morgan fingerprint density at radius 3 is 2.75 bits per heavy atom. The summed E-state index contributed by atoms with van der Waals surface area (Å²) >= 11 is 3.55. The van der Waals surface area contributed by atoms with Crippen molar-refractivity contribution in [3.63, 3.8) is 0 Å². The molecule has 0 saturated heterocycles. The molecule has 0 amide bonds. The van der Waals surface area contributed by atoms with Crippen molar-refractivity contribution in [1.29, 1.82) is 0 Å². The third-order valence-corrected chi connectivity index (χ3v) is 3.78. The molecule has 1 aromatic carbocycles. The van der Waals surface area contributed by atoms with E-state index in [0.29, 0.717) is 12.4 Å². The van der Waals surface area contributed by atoms with Gasteiger partial charge in [-0.05, 0) is 42.7 Å². The molecule has 2 N–H and O–H groups in total. The number of rotatable bonds is 6. The van der Waals surface area contributed by atoms with Gasteiger partial charge in [0.25, 0.3) is 0 Å². The van der Waals surface area contributed by atoms with E-state index >= 15 is 0 Å². The molecule has 0 aliphatic heterocycles. The summed E-state index contributed by atoms with van der Waals surface area (Å²) in [5.41, 5.74) is 7.17. The van der Waals surface area contributed by atoms with E-state index in [-0.39, 0.29) is 6.04 Å². The third kappa shape index (κ3) is 4.28. The number of hydrogen-bond acceptors (Lipinski definition) is 4. The fraction of sp³-hybridized carbons (Fsp3) is 0.333. The summed E-state index contributed by atoms with van der Waals surface area (Å²) < 4.78 is 6.78. The number of benzene rings is 1. The fourth-order valence-corrected chi connectivity index (χ4v) is 2.19. The highest BCUT2D eigenvalue weighted by Crippen LogP contribution is 2.24. The first-order valence-electron chi connectivity index (χ1n) is 6.61. The van der Waals surface area contributed by atoms with Crippen LogP contribution in [0.4, 0.5) is 0 Å². The number of nitrogens with zero attached hydrogens (tertiary/aromatic N) is 2. The quantitative estimate of drug-likeness (QED) is 0.881. The van der Waals surface area contributed by atoms with Gasteiger partial charge in [0.1, 0.15) is 12.4 Å². The Labute approximate surface area is 127 Å². The number of aromatic nitrogens is 2. The average Bonchev–Trinajstić information content (AvgIpc) is 2.49. The summed E-state index contributed by atoms with van der Waals surface area (Å²) in [6, 6.07) is 7.88. The molecular weight excluding hydrogens is 318 g/mol. The van der Waals surface area contributed by atoms with E-state index in [9.17, 15) is 0 Å². The average molecular weight is 336 g/mol. The third-order valence-electron chi connectivity index (χ3n) is 3.01. The van der Waals surface area contributed by atoms with Gasteiger partial charge in [-0.15, -0.1) is 0 Å². The number of ether oxygens (including phenoxy) is 1. The van der Waals surface area contributed by atoms with Crippen LogP contribution in [0.1, 0.15) is 24.7 Å². The van der Waals surface area contributed by atoms with Crippen LogP contribution in [0, 0.1) is 0 Å². The van der Waals surface area contributed by atoms with E-state index in [4.69, 9.17) is 10.5 Å². The second-order valence-electron chi connectivity index (χ2n) is 4.58. The molecule has 4 nitrogen and oxygen atoms in total. The topological polar surface area (TPSA) is 61.0 Å². The Morgan fingerprint density at radius 1 is 1.30 bits per heavy atom. The Morgan fingerprint density at radius 2 is 2.05 bits per heavy atom. The van der Waals surface area contributed by atoms with Crippen LogP contribution in [0.25, 0.3) is 0 Å². The van der Waals surface area contributed by atoms with Gasteiger partial charge in [-0.1, -0.05) is 22.9 Å². The Hall–Kier alpha value is -1.46. The highest BCUT2D eigenvalue weighted by molar-refractivity contribution is 9.10. The molecular formula is C15H18BrN3O. The lowest BCUT2D eigenvalue weighted by Crippen LogP contribution is -2.21. The summed E-state index contributed by atoms with van der Waals surface area (Å²) in [4.78, 5) is 8.26. The highest BCUT2D eigenvalue weighted by atomic mass is 79.9. The fourth-order valence-electron chi connectivity index (χ4n) is 1.78. The van der Waals surface area contributed by atoms with Crippen molar-refractivity contribution in [3.05, 3.63) is 52.5 Å². The molecule has 1 heterocycles. The van der Waals surface area contributed by atoms with Crippen LogP contribution in [0.2, 0.25) is 0 Å². The molecule has 106 valence electrons. The number of nitrogens with two attached hydrogens (primary N) is 1. The van der Waals surface area contributed by atoms with Crippen molar-refractivity contribution in [2.75, 3.05) is 0 Å². The highest BCUT2D eigenvalue weighted by Gasteiger charge is 2.07. The van der Waals surface area contributed by atoms with Gasteiger partial charge in [0, 0.05) is 22.9 Å². The minimum Gasteiger partial charge on any atom is -0.486 e. The maximum Gasteiger partial charge on any atom is 0.166 e. The molecule has 0 radical (unpaired) electrons. The zero-order chi connectivity index (χ0) is 14.4. The van der Waals surface area contributed by atoms with Crippen LogP contribution in [-0.2, 0) is 13.0 Å². The van der Waals surface area contributed by atoms with Crippen molar-refractivity contribution in [3.8, 4) is 5.75 Å². The summed E-state index contributed by atoms with van der Waals surface area (Å²) in [5, 5.41) is 0. The monoisotopic (exact) mass is 335 g/mol. The minimum absolute atomic E-state index is 0.166. The minimum atomic E-state index is 0.166. The van der Waals surface area contributed by atoms with Gasteiger partial charge < -0.3 is 10.5 Å². The van der Waals surface area contributed by atoms with Crippen LogP contribution in [0.15, 0.2) is 41.1 Å². The van der Waals surface area contributed by atoms with Gasteiger partial charge in [-0.2, -0.15) is 0 Å². The Balaban J connectivity index is 2.03. The maximum absolute atomic E-state index is 6.01. The van der Waals surface area contributed by atoms with Crippen LogP contribution in [0.3, 0.4) is 0 Å². The lowest BCUT2D eigenvalue weighted by molar-refractivity contribution is 0.295. The van der Waals surface area contributed by atoms with Crippen LogP contribution in [-0.4, -0.2) is 16.0 Å². The zero-order valence-corrected chi connectivity index (χ0v) is 13.0. The molecule has 1 unspecified atom stereocenters. The largest absolute Gasteiger partial charge is 0.486 e. The van der Waals surface area contributed by atoms with Crippen LogP contribution >= 0.6 is 15.9 Å². The molecule has 0 spiro atoms. The van der Waals surface area contributed by atoms with Crippen molar-refractivity contribution in [2.45, 2.75) is 32.4 Å². The standard InChI is InChI=1S/C15H18BrN3O/c1-2-12(17)8-11-9-13(4-5-14(11)16)20-10-15-18-6-3-7-19-15/h3-7,9,12H,2,8,10,17H2,1H3. The van der Waals surface area contributed by atoms with E-state index in [1.807, 2.05) is 18.2 Å². The Bertz CT molecular complexity index is 548. The van der Waals surface area contributed by atoms with E-state index in [1.165, 1.54) is 0 Å². The molecule has 5 heteroatoms. The molecule has 0 aliphatic rings. The Kier molecular flexibility index (Phi) is 5.49. The van der Waals surface area contributed by atoms with E-state index in [2.05, 4.69) is 32.8 Å². The summed E-state index contributed by atoms with van der Waals surface area (Å²) in [6.45, 7) is 2.45. The smallest absolute Gasteiger partial charge is 0.166 e. The molecule has 20 heavy (non-hydrogen) atoms. The molecule has 2 rings (SSSR count). The normalized spacial score (nSPS) is 12.2. The molecule has 0 aliphatic carbocycles. The van der Waals surface area contributed by atoms with Gasteiger partial charge in [0.15, 0.2) is 5.82 Å².